The zero-order chi connectivity index (χ0) is 12.0. The van der Waals surface area contributed by atoms with E-state index in [0.29, 0.717) is 13.2 Å². The summed E-state index contributed by atoms with van der Waals surface area (Å²) in [5, 5.41) is 16.5. The molecule has 4 heteroatoms. The summed E-state index contributed by atoms with van der Waals surface area (Å²) in [5.74, 6) is 6.01. The van der Waals surface area contributed by atoms with Crippen molar-refractivity contribution in [2.45, 2.75) is 39.3 Å². The number of β-amino-alcohol motifs (C(OH)–C–C–N with tert-alkyl or cyclic N) is 1. The molecule has 1 saturated heterocycles. The molecule has 2 atom stereocenters. The lowest BCUT2D eigenvalue weighted by Crippen LogP contribution is -2.26. The second-order valence-corrected chi connectivity index (χ2v) is 4.30. The zero-order valence-corrected chi connectivity index (χ0v) is 10.2. The summed E-state index contributed by atoms with van der Waals surface area (Å²) in [6.07, 6.45) is 0.476. The number of hydrogen-bond donors (Lipinski definition) is 2. The molecule has 1 aliphatic heterocycles. The van der Waals surface area contributed by atoms with Gasteiger partial charge in [-0.25, -0.2) is 0 Å². The van der Waals surface area contributed by atoms with E-state index in [1.807, 2.05) is 13.8 Å². The van der Waals surface area contributed by atoms with E-state index in [4.69, 9.17) is 4.84 Å². The number of oxime groups is 1. The highest BCUT2D eigenvalue weighted by Gasteiger charge is 2.22. The van der Waals surface area contributed by atoms with Crippen LogP contribution in [-0.4, -0.2) is 36.1 Å². The van der Waals surface area contributed by atoms with Crippen molar-refractivity contribution < 1.29 is 9.94 Å². The summed E-state index contributed by atoms with van der Waals surface area (Å²) < 4.78 is 0. The first-order valence-electron chi connectivity index (χ1n) is 5.67. The molecule has 1 heterocycles. The molecule has 1 fully saturated rings. The minimum atomic E-state index is -0.252. The topological polar surface area (TPSA) is 53.9 Å². The Balaban J connectivity index is 2.35. The number of rotatable bonds is 4. The van der Waals surface area contributed by atoms with Crippen LogP contribution in [0.4, 0.5) is 0 Å². The summed E-state index contributed by atoms with van der Waals surface area (Å²) >= 11 is 0. The molecule has 1 rings (SSSR count). The summed E-state index contributed by atoms with van der Waals surface area (Å²) in [6.45, 7) is 6.98. The standard InChI is InChI=1S/C12H20N2O2/c1-4-5-12(9(2)3)14-16-8-10-6-11(15)7-13-10/h9-11,13,15H,6-8H2,1-3H3/b14-12+/t10-,11+/m0/s1. The zero-order valence-electron chi connectivity index (χ0n) is 10.2. The molecule has 0 aromatic carbocycles. The number of hydrogen-bond acceptors (Lipinski definition) is 4. The van der Waals surface area contributed by atoms with Crippen LogP contribution in [0.15, 0.2) is 5.16 Å². The fraction of sp³-hybridized carbons (Fsp3) is 0.750. The fourth-order valence-electron chi connectivity index (χ4n) is 1.52. The minimum absolute atomic E-state index is 0.196. The van der Waals surface area contributed by atoms with Gasteiger partial charge in [0.2, 0.25) is 0 Å². The second kappa shape index (κ2) is 6.51. The lowest BCUT2D eigenvalue weighted by Gasteiger charge is -2.09. The highest BCUT2D eigenvalue weighted by atomic mass is 16.6. The normalized spacial score (nSPS) is 25.4. The van der Waals surface area contributed by atoms with E-state index in [-0.39, 0.29) is 18.1 Å². The molecular formula is C12H20N2O2. The molecule has 0 unspecified atom stereocenters. The number of aliphatic hydroxyl groups is 1. The fourth-order valence-corrected chi connectivity index (χ4v) is 1.52. The summed E-state index contributed by atoms with van der Waals surface area (Å²) in [4.78, 5) is 5.25. The van der Waals surface area contributed by atoms with Crippen molar-refractivity contribution in [1.29, 1.82) is 0 Å². The molecule has 0 saturated carbocycles. The van der Waals surface area contributed by atoms with Crippen molar-refractivity contribution in [3.63, 3.8) is 0 Å². The van der Waals surface area contributed by atoms with Gasteiger partial charge in [0.15, 0.2) is 0 Å². The van der Waals surface area contributed by atoms with Crippen molar-refractivity contribution in [2.24, 2.45) is 11.1 Å². The average molecular weight is 224 g/mol. The van der Waals surface area contributed by atoms with Crippen molar-refractivity contribution in [3.8, 4) is 11.8 Å². The van der Waals surface area contributed by atoms with E-state index < -0.39 is 0 Å². The predicted molar refractivity (Wildman–Crippen MR) is 64.1 cm³/mol. The monoisotopic (exact) mass is 224 g/mol. The van der Waals surface area contributed by atoms with Crippen LogP contribution in [-0.2, 0) is 4.84 Å². The van der Waals surface area contributed by atoms with Crippen molar-refractivity contribution >= 4 is 5.71 Å². The van der Waals surface area contributed by atoms with Gasteiger partial charge in [0.05, 0.1) is 6.10 Å². The van der Waals surface area contributed by atoms with Gasteiger partial charge in [0.1, 0.15) is 12.3 Å². The van der Waals surface area contributed by atoms with Gasteiger partial charge in [0.25, 0.3) is 0 Å². The third-order valence-corrected chi connectivity index (χ3v) is 2.44. The maximum Gasteiger partial charge on any atom is 0.132 e. The Morgan fingerprint density at radius 2 is 2.38 bits per heavy atom. The Bertz CT molecular complexity index is 302. The molecule has 0 bridgehead atoms. The van der Waals surface area contributed by atoms with Crippen molar-refractivity contribution in [3.05, 3.63) is 0 Å². The quantitative estimate of drug-likeness (QED) is 0.421. The summed E-state index contributed by atoms with van der Waals surface area (Å²) in [5.41, 5.74) is 0.765. The molecule has 0 aliphatic carbocycles. The Labute approximate surface area is 97.1 Å². The van der Waals surface area contributed by atoms with Crippen molar-refractivity contribution in [2.75, 3.05) is 13.2 Å². The van der Waals surface area contributed by atoms with Gasteiger partial charge < -0.3 is 15.3 Å². The summed E-state index contributed by atoms with van der Waals surface area (Å²) in [7, 11) is 0. The molecule has 0 amide bonds. The number of nitrogens with one attached hydrogen (secondary N) is 1. The molecule has 16 heavy (non-hydrogen) atoms. The molecule has 1 aliphatic rings. The summed E-state index contributed by atoms with van der Waals surface area (Å²) in [6, 6.07) is 0.196. The van der Waals surface area contributed by atoms with Crippen LogP contribution in [0.2, 0.25) is 0 Å². The number of nitrogens with zero attached hydrogens (tertiary/aromatic N) is 1. The van der Waals surface area contributed by atoms with Crippen LogP contribution < -0.4 is 5.32 Å². The molecule has 0 radical (unpaired) electrons. The lowest BCUT2D eigenvalue weighted by atomic mass is 10.1. The Morgan fingerprint density at radius 1 is 1.62 bits per heavy atom. The highest BCUT2D eigenvalue weighted by Crippen LogP contribution is 2.07. The Morgan fingerprint density at radius 3 is 2.88 bits per heavy atom. The van der Waals surface area contributed by atoms with E-state index in [1.54, 1.807) is 6.92 Å². The SMILES string of the molecule is CC#C/C(=N\OC[C@@H]1C[C@@H](O)CN1)C(C)C. The van der Waals surface area contributed by atoms with Crippen LogP contribution in [0.3, 0.4) is 0 Å². The average Bonchev–Trinajstić information content (AvgIpc) is 2.63. The van der Waals surface area contributed by atoms with Gasteiger partial charge in [-0.3, -0.25) is 0 Å². The minimum Gasteiger partial charge on any atom is -0.393 e. The van der Waals surface area contributed by atoms with Crippen molar-refractivity contribution in [1.82, 2.24) is 5.32 Å². The van der Waals surface area contributed by atoms with E-state index in [9.17, 15) is 5.11 Å². The first kappa shape index (κ1) is 13.0. The molecule has 0 aromatic heterocycles. The second-order valence-electron chi connectivity index (χ2n) is 4.30. The van der Waals surface area contributed by atoms with Crippen LogP contribution in [0.25, 0.3) is 0 Å². The van der Waals surface area contributed by atoms with E-state index >= 15 is 0 Å². The van der Waals surface area contributed by atoms with Gasteiger partial charge >= 0.3 is 0 Å². The Hall–Kier alpha value is -1.05. The van der Waals surface area contributed by atoms with Crippen LogP contribution in [0.1, 0.15) is 27.2 Å². The third kappa shape index (κ3) is 4.21. The van der Waals surface area contributed by atoms with Gasteiger partial charge in [-0.2, -0.15) is 0 Å². The smallest absolute Gasteiger partial charge is 0.132 e. The van der Waals surface area contributed by atoms with Crippen LogP contribution >= 0.6 is 0 Å². The van der Waals surface area contributed by atoms with E-state index in [1.165, 1.54) is 0 Å². The van der Waals surface area contributed by atoms with Gasteiger partial charge in [-0.05, 0) is 19.3 Å². The molecular weight excluding hydrogens is 204 g/mol. The third-order valence-electron chi connectivity index (χ3n) is 2.44. The first-order valence-corrected chi connectivity index (χ1v) is 5.67. The number of aliphatic hydroxyl groups excluding tert-OH is 1. The largest absolute Gasteiger partial charge is 0.393 e. The van der Waals surface area contributed by atoms with E-state index in [0.717, 1.165) is 12.1 Å². The lowest BCUT2D eigenvalue weighted by molar-refractivity contribution is 0.118. The van der Waals surface area contributed by atoms with Crippen LogP contribution in [0, 0.1) is 17.8 Å². The molecule has 90 valence electrons. The predicted octanol–water partition coefficient (Wildman–Crippen LogP) is 0.761. The van der Waals surface area contributed by atoms with Gasteiger partial charge in [-0.15, -0.1) is 0 Å². The van der Waals surface area contributed by atoms with Gasteiger partial charge in [-0.1, -0.05) is 24.9 Å². The maximum absolute atomic E-state index is 9.30. The molecule has 2 N–H and O–H groups in total. The van der Waals surface area contributed by atoms with Crippen LogP contribution in [0.5, 0.6) is 0 Å². The molecule has 4 nitrogen and oxygen atoms in total. The molecule has 0 spiro atoms. The first-order chi connectivity index (χ1) is 7.63. The Kier molecular flexibility index (Phi) is 5.30. The van der Waals surface area contributed by atoms with E-state index in [2.05, 4.69) is 22.3 Å². The molecule has 0 aromatic rings. The maximum atomic E-state index is 9.30. The highest BCUT2D eigenvalue weighted by molar-refractivity contribution is 6.01. The van der Waals surface area contributed by atoms with Gasteiger partial charge in [0, 0.05) is 18.5 Å².